The lowest BCUT2D eigenvalue weighted by atomic mass is 9.92. The Hall–Kier alpha value is -3.87. The minimum atomic E-state index is -1.01. The molecule has 7 nitrogen and oxygen atoms in total. The first-order chi connectivity index (χ1) is 14.0. The van der Waals surface area contributed by atoms with Crippen molar-refractivity contribution in [2.75, 3.05) is 7.11 Å². The highest BCUT2D eigenvalue weighted by molar-refractivity contribution is 5.81. The van der Waals surface area contributed by atoms with Crippen LogP contribution in [0.25, 0.3) is 21.9 Å². The standard InChI is InChI=1S/C22H17NO6/c1-28-18(24)11-14(15-10-12-6-2-4-8-16(12)23-22(15)27)21-20(26)19(25)13-7-3-5-9-17(13)29-21/h2-10,14,26H,11H2,1H3,(H,23,27)/t14-/m0/s1. The van der Waals surface area contributed by atoms with Gasteiger partial charge in [0, 0.05) is 11.1 Å². The molecule has 0 aliphatic heterocycles. The smallest absolute Gasteiger partial charge is 0.306 e. The minimum absolute atomic E-state index is 0.153. The molecule has 2 heterocycles. The number of aromatic nitrogens is 1. The second-order valence-electron chi connectivity index (χ2n) is 6.61. The predicted molar refractivity (Wildman–Crippen MR) is 107 cm³/mol. The van der Waals surface area contributed by atoms with Gasteiger partial charge in [0.2, 0.25) is 11.2 Å². The molecule has 0 saturated carbocycles. The molecule has 4 rings (SSSR count). The number of fused-ring (bicyclic) bond motifs is 2. The van der Waals surface area contributed by atoms with Gasteiger partial charge in [-0.25, -0.2) is 0 Å². The third-order valence-corrected chi connectivity index (χ3v) is 4.87. The van der Waals surface area contributed by atoms with E-state index in [-0.39, 0.29) is 28.7 Å². The molecule has 146 valence electrons. The maximum Gasteiger partial charge on any atom is 0.306 e. The van der Waals surface area contributed by atoms with Crippen LogP contribution >= 0.6 is 0 Å². The normalized spacial score (nSPS) is 12.2. The molecular weight excluding hydrogens is 374 g/mol. The van der Waals surface area contributed by atoms with Crippen molar-refractivity contribution in [3.05, 3.63) is 86.5 Å². The molecule has 0 aliphatic carbocycles. The number of para-hydroxylation sites is 2. The number of hydrogen-bond acceptors (Lipinski definition) is 6. The first-order valence-corrected chi connectivity index (χ1v) is 8.93. The maximum atomic E-state index is 12.8. The van der Waals surface area contributed by atoms with Gasteiger partial charge >= 0.3 is 5.97 Å². The van der Waals surface area contributed by atoms with E-state index >= 15 is 0 Å². The van der Waals surface area contributed by atoms with Crippen molar-refractivity contribution >= 4 is 27.8 Å². The Balaban J connectivity index is 1.99. The molecule has 0 spiro atoms. The molecule has 0 fully saturated rings. The van der Waals surface area contributed by atoms with Gasteiger partial charge in [-0.05, 0) is 29.7 Å². The van der Waals surface area contributed by atoms with Crippen LogP contribution in [0.1, 0.15) is 23.7 Å². The van der Waals surface area contributed by atoms with Gasteiger partial charge in [-0.1, -0.05) is 30.3 Å². The first-order valence-electron chi connectivity index (χ1n) is 8.93. The molecule has 0 amide bonds. The third-order valence-electron chi connectivity index (χ3n) is 4.87. The zero-order chi connectivity index (χ0) is 20.5. The highest BCUT2D eigenvalue weighted by Crippen LogP contribution is 2.34. The van der Waals surface area contributed by atoms with E-state index < -0.39 is 28.6 Å². The highest BCUT2D eigenvalue weighted by atomic mass is 16.5. The quantitative estimate of drug-likeness (QED) is 0.518. The van der Waals surface area contributed by atoms with Crippen LogP contribution < -0.4 is 11.0 Å². The summed E-state index contributed by atoms with van der Waals surface area (Å²) in [5, 5.41) is 11.5. The lowest BCUT2D eigenvalue weighted by Crippen LogP contribution is -2.21. The molecule has 0 unspecified atom stereocenters. The zero-order valence-corrected chi connectivity index (χ0v) is 15.5. The predicted octanol–water partition coefficient (Wildman–Crippen LogP) is 3.04. The molecule has 0 radical (unpaired) electrons. The summed E-state index contributed by atoms with van der Waals surface area (Å²) in [5.41, 5.74) is -0.0239. The third kappa shape index (κ3) is 3.27. The molecule has 7 heteroatoms. The molecule has 0 saturated heterocycles. The van der Waals surface area contributed by atoms with Crippen LogP contribution in [0, 0.1) is 0 Å². The Labute approximate surface area is 164 Å². The molecule has 2 aromatic carbocycles. The van der Waals surface area contributed by atoms with E-state index in [1.54, 1.807) is 42.5 Å². The number of benzene rings is 2. The molecule has 4 aromatic rings. The number of methoxy groups -OCH3 is 1. The second-order valence-corrected chi connectivity index (χ2v) is 6.61. The average molecular weight is 391 g/mol. The van der Waals surface area contributed by atoms with Crippen molar-refractivity contribution in [2.24, 2.45) is 0 Å². The van der Waals surface area contributed by atoms with E-state index in [1.807, 2.05) is 6.07 Å². The number of aromatic hydroxyl groups is 1. The van der Waals surface area contributed by atoms with Crippen LogP contribution in [0.15, 0.2) is 68.6 Å². The van der Waals surface area contributed by atoms with Crippen LogP contribution in [0.3, 0.4) is 0 Å². The average Bonchev–Trinajstić information content (AvgIpc) is 2.74. The van der Waals surface area contributed by atoms with Crippen molar-refractivity contribution in [3.63, 3.8) is 0 Å². The summed E-state index contributed by atoms with van der Waals surface area (Å²) in [5.74, 6) is -2.41. The first kappa shape index (κ1) is 18.5. The van der Waals surface area contributed by atoms with E-state index in [2.05, 4.69) is 4.98 Å². The van der Waals surface area contributed by atoms with Crippen molar-refractivity contribution in [1.29, 1.82) is 0 Å². The molecule has 0 aliphatic rings. The highest BCUT2D eigenvalue weighted by Gasteiger charge is 2.29. The Morgan fingerprint density at radius 1 is 1.14 bits per heavy atom. The van der Waals surface area contributed by atoms with Gasteiger partial charge in [0.1, 0.15) is 5.58 Å². The number of ether oxygens (including phenoxy) is 1. The molecule has 2 N–H and O–H groups in total. The van der Waals surface area contributed by atoms with Gasteiger partial charge in [-0.2, -0.15) is 0 Å². The van der Waals surface area contributed by atoms with Crippen LogP contribution in [0.5, 0.6) is 5.75 Å². The Kier molecular flexibility index (Phi) is 4.64. The number of H-pyrrole nitrogens is 1. The summed E-state index contributed by atoms with van der Waals surface area (Å²) < 4.78 is 10.5. The Morgan fingerprint density at radius 2 is 1.86 bits per heavy atom. The van der Waals surface area contributed by atoms with Gasteiger partial charge in [0.15, 0.2) is 5.76 Å². The number of nitrogens with one attached hydrogen (secondary N) is 1. The Bertz CT molecular complexity index is 1350. The largest absolute Gasteiger partial charge is 0.502 e. The van der Waals surface area contributed by atoms with Crippen molar-refractivity contribution in [2.45, 2.75) is 12.3 Å². The van der Waals surface area contributed by atoms with Crippen molar-refractivity contribution in [1.82, 2.24) is 4.98 Å². The molecular formula is C22H17NO6. The summed E-state index contributed by atoms with van der Waals surface area (Å²) >= 11 is 0. The molecule has 2 aromatic heterocycles. The van der Waals surface area contributed by atoms with Gasteiger partial charge in [0.25, 0.3) is 5.56 Å². The number of aromatic amines is 1. The van der Waals surface area contributed by atoms with E-state index in [0.717, 1.165) is 5.39 Å². The SMILES string of the molecule is COC(=O)C[C@H](c1oc2ccccc2c(=O)c1O)c1cc2ccccc2[nH]c1=O. The van der Waals surface area contributed by atoms with E-state index in [4.69, 9.17) is 9.15 Å². The lowest BCUT2D eigenvalue weighted by molar-refractivity contribution is -0.140. The summed E-state index contributed by atoms with van der Waals surface area (Å²) in [7, 11) is 1.22. The fourth-order valence-electron chi connectivity index (χ4n) is 3.40. The summed E-state index contributed by atoms with van der Waals surface area (Å²) in [6, 6.07) is 15.2. The van der Waals surface area contributed by atoms with E-state index in [9.17, 15) is 19.5 Å². The van der Waals surface area contributed by atoms with Gasteiger partial charge in [0.05, 0.1) is 24.8 Å². The van der Waals surface area contributed by atoms with Crippen molar-refractivity contribution in [3.8, 4) is 5.75 Å². The molecule has 1 atom stereocenters. The van der Waals surface area contributed by atoms with Gasteiger partial charge in [-0.3, -0.25) is 14.4 Å². The summed E-state index contributed by atoms with van der Waals surface area (Å²) in [6.07, 6.45) is -0.285. The Morgan fingerprint density at radius 3 is 2.66 bits per heavy atom. The monoisotopic (exact) mass is 391 g/mol. The fraction of sp³-hybridized carbons (Fsp3) is 0.136. The zero-order valence-electron chi connectivity index (χ0n) is 15.5. The minimum Gasteiger partial charge on any atom is -0.502 e. The summed E-state index contributed by atoms with van der Waals surface area (Å²) in [6.45, 7) is 0. The van der Waals surface area contributed by atoms with Gasteiger partial charge < -0.3 is 19.2 Å². The van der Waals surface area contributed by atoms with E-state index in [0.29, 0.717) is 5.52 Å². The number of rotatable bonds is 4. The molecule has 0 bridgehead atoms. The fourth-order valence-corrected chi connectivity index (χ4v) is 3.40. The second kappa shape index (κ2) is 7.27. The maximum absolute atomic E-state index is 12.8. The van der Waals surface area contributed by atoms with Gasteiger partial charge in [-0.15, -0.1) is 0 Å². The number of carbonyl (C=O) groups excluding carboxylic acids is 1. The lowest BCUT2D eigenvalue weighted by Gasteiger charge is -2.17. The topological polar surface area (TPSA) is 110 Å². The van der Waals surface area contributed by atoms with Crippen LogP contribution in [0.2, 0.25) is 0 Å². The van der Waals surface area contributed by atoms with Crippen LogP contribution in [0.4, 0.5) is 0 Å². The van der Waals surface area contributed by atoms with Crippen LogP contribution in [-0.2, 0) is 9.53 Å². The van der Waals surface area contributed by atoms with Crippen LogP contribution in [-0.4, -0.2) is 23.2 Å². The number of esters is 1. The van der Waals surface area contributed by atoms with Crippen molar-refractivity contribution < 1.29 is 19.1 Å². The number of hydrogen-bond donors (Lipinski definition) is 2. The molecule has 29 heavy (non-hydrogen) atoms. The van der Waals surface area contributed by atoms with E-state index in [1.165, 1.54) is 13.2 Å². The number of pyridine rings is 1. The summed E-state index contributed by atoms with van der Waals surface area (Å²) in [4.78, 5) is 40.2. The number of carbonyl (C=O) groups is 1.